The molecule has 2 aliphatic heterocycles. The zero-order valence-corrected chi connectivity index (χ0v) is 18.3. The van der Waals surface area contributed by atoms with Crippen LogP contribution in [-0.4, -0.2) is 17.8 Å². The van der Waals surface area contributed by atoms with Gasteiger partial charge in [-0.15, -0.1) is 0 Å². The molecular weight excluding hydrogens is 471 g/mol. The molecule has 0 radical (unpaired) electrons. The van der Waals surface area contributed by atoms with Crippen molar-refractivity contribution in [1.29, 1.82) is 0 Å². The SMILES string of the molecule is COc1ccc(Br)cc1[C@@H]1Oc2ccc(Cl)cc2[C@@H]2CC(c3ccc(F)cc3)=NN21. The van der Waals surface area contributed by atoms with E-state index in [1.54, 1.807) is 19.2 Å². The molecule has 3 aromatic rings. The summed E-state index contributed by atoms with van der Waals surface area (Å²) in [5, 5.41) is 7.48. The van der Waals surface area contributed by atoms with E-state index in [4.69, 9.17) is 26.2 Å². The van der Waals surface area contributed by atoms with Crippen LogP contribution < -0.4 is 9.47 Å². The fraction of sp³-hybridized carbons (Fsp3) is 0.174. The van der Waals surface area contributed by atoms with Gasteiger partial charge in [-0.2, -0.15) is 5.10 Å². The first-order chi connectivity index (χ1) is 14.5. The molecule has 0 aromatic heterocycles. The lowest BCUT2D eigenvalue weighted by Gasteiger charge is -2.38. The van der Waals surface area contributed by atoms with Crippen molar-refractivity contribution < 1.29 is 13.9 Å². The van der Waals surface area contributed by atoms with Gasteiger partial charge in [0.05, 0.1) is 24.4 Å². The van der Waals surface area contributed by atoms with Gasteiger partial charge in [0.15, 0.2) is 0 Å². The van der Waals surface area contributed by atoms with Crippen molar-refractivity contribution in [1.82, 2.24) is 5.01 Å². The first-order valence-electron chi connectivity index (χ1n) is 9.45. The Morgan fingerprint density at radius 1 is 1.10 bits per heavy atom. The molecule has 4 nitrogen and oxygen atoms in total. The second-order valence-electron chi connectivity index (χ2n) is 7.19. The second-order valence-corrected chi connectivity index (χ2v) is 8.54. The fourth-order valence-electron chi connectivity index (χ4n) is 3.98. The number of hydrazone groups is 1. The van der Waals surface area contributed by atoms with Crippen LogP contribution in [0, 0.1) is 5.82 Å². The lowest BCUT2D eigenvalue weighted by atomic mass is 9.96. The van der Waals surface area contributed by atoms with E-state index >= 15 is 0 Å². The van der Waals surface area contributed by atoms with E-state index in [0.29, 0.717) is 17.2 Å². The van der Waals surface area contributed by atoms with Crippen LogP contribution >= 0.6 is 27.5 Å². The second kappa shape index (κ2) is 7.60. The van der Waals surface area contributed by atoms with E-state index < -0.39 is 6.23 Å². The van der Waals surface area contributed by atoms with Crippen LogP contribution in [-0.2, 0) is 0 Å². The number of rotatable bonds is 3. The zero-order valence-electron chi connectivity index (χ0n) is 16.0. The van der Waals surface area contributed by atoms with E-state index in [1.807, 2.05) is 41.4 Å². The van der Waals surface area contributed by atoms with Gasteiger partial charge in [-0.1, -0.05) is 39.7 Å². The molecular formula is C23H17BrClFN2O2. The van der Waals surface area contributed by atoms with Gasteiger partial charge in [-0.25, -0.2) is 9.40 Å². The number of methoxy groups -OCH3 is 1. The van der Waals surface area contributed by atoms with Crippen molar-refractivity contribution in [3.8, 4) is 11.5 Å². The molecule has 5 rings (SSSR count). The van der Waals surface area contributed by atoms with Gasteiger partial charge in [0, 0.05) is 21.5 Å². The molecule has 2 heterocycles. The summed E-state index contributed by atoms with van der Waals surface area (Å²) in [6.07, 6.45) is 0.184. The number of hydrogen-bond acceptors (Lipinski definition) is 4. The van der Waals surface area contributed by atoms with E-state index in [9.17, 15) is 4.39 Å². The average Bonchev–Trinajstić information content (AvgIpc) is 3.19. The van der Waals surface area contributed by atoms with Crippen molar-refractivity contribution >= 4 is 33.2 Å². The number of nitrogens with zero attached hydrogens (tertiary/aromatic N) is 2. The lowest BCUT2D eigenvalue weighted by molar-refractivity contribution is -0.0203. The van der Waals surface area contributed by atoms with Gasteiger partial charge in [0.2, 0.25) is 6.23 Å². The van der Waals surface area contributed by atoms with Crippen LogP contribution in [0.5, 0.6) is 11.5 Å². The monoisotopic (exact) mass is 486 g/mol. The van der Waals surface area contributed by atoms with Crippen molar-refractivity contribution in [2.75, 3.05) is 7.11 Å². The van der Waals surface area contributed by atoms with Gasteiger partial charge in [-0.05, 0) is 54.1 Å². The summed E-state index contributed by atoms with van der Waals surface area (Å²) in [6.45, 7) is 0. The van der Waals surface area contributed by atoms with Crippen LogP contribution in [0.3, 0.4) is 0 Å². The largest absolute Gasteiger partial charge is 0.496 e. The molecule has 0 unspecified atom stereocenters. The van der Waals surface area contributed by atoms with Crippen LogP contribution in [0.15, 0.2) is 70.2 Å². The zero-order chi connectivity index (χ0) is 20.8. The molecule has 152 valence electrons. The molecule has 0 saturated heterocycles. The number of ether oxygens (including phenoxy) is 2. The van der Waals surface area contributed by atoms with Crippen LogP contribution in [0.25, 0.3) is 0 Å². The Balaban J connectivity index is 1.64. The maximum atomic E-state index is 13.4. The molecule has 0 spiro atoms. The Labute approximate surface area is 187 Å². The molecule has 7 heteroatoms. The van der Waals surface area contributed by atoms with Crippen molar-refractivity contribution in [3.63, 3.8) is 0 Å². The summed E-state index contributed by atoms with van der Waals surface area (Å²) in [5.41, 5.74) is 3.60. The van der Waals surface area contributed by atoms with Crippen LogP contribution in [0.2, 0.25) is 5.02 Å². The quantitative estimate of drug-likeness (QED) is 0.423. The molecule has 0 N–H and O–H groups in total. The molecule has 2 aliphatic rings. The van der Waals surface area contributed by atoms with E-state index in [1.165, 1.54) is 12.1 Å². The third-order valence-electron chi connectivity index (χ3n) is 5.39. The molecule has 0 aliphatic carbocycles. The number of hydrogen-bond donors (Lipinski definition) is 0. The summed E-state index contributed by atoms with van der Waals surface area (Å²) in [4.78, 5) is 0. The summed E-state index contributed by atoms with van der Waals surface area (Å²) < 4.78 is 26.3. The Kier molecular flexibility index (Phi) is 4.91. The summed E-state index contributed by atoms with van der Waals surface area (Å²) in [7, 11) is 1.64. The smallest absolute Gasteiger partial charge is 0.217 e. The van der Waals surface area contributed by atoms with Crippen molar-refractivity contribution in [2.24, 2.45) is 5.10 Å². The Morgan fingerprint density at radius 2 is 1.90 bits per heavy atom. The Morgan fingerprint density at radius 3 is 2.67 bits per heavy atom. The predicted molar refractivity (Wildman–Crippen MR) is 118 cm³/mol. The fourth-order valence-corrected chi connectivity index (χ4v) is 4.54. The molecule has 0 amide bonds. The normalized spacial score (nSPS) is 19.6. The third kappa shape index (κ3) is 3.34. The molecule has 30 heavy (non-hydrogen) atoms. The van der Waals surface area contributed by atoms with Crippen LogP contribution in [0.1, 0.15) is 35.4 Å². The standard InChI is InChI=1S/C23H17BrClFN2O2/c1-29-21-8-4-14(24)10-18(21)23-28-20(17-11-15(25)5-9-22(17)30-23)12-19(27-28)13-2-6-16(26)7-3-13/h2-11,20,23H,12H2,1H3/t20-,23-/m0/s1. The highest BCUT2D eigenvalue weighted by Gasteiger charge is 2.42. The van der Waals surface area contributed by atoms with Gasteiger partial charge >= 0.3 is 0 Å². The minimum atomic E-state index is -0.478. The Hall–Kier alpha value is -2.57. The van der Waals surface area contributed by atoms with E-state index in [2.05, 4.69) is 15.9 Å². The van der Waals surface area contributed by atoms with Gasteiger partial charge < -0.3 is 9.47 Å². The highest BCUT2D eigenvalue weighted by Crippen LogP contribution is 2.49. The molecule has 0 saturated carbocycles. The van der Waals surface area contributed by atoms with Crippen molar-refractivity contribution in [2.45, 2.75) is 18.7 Å². The summed E-state index contributed by atoms with van der Waals surface area (Å²) in [5.74, 6) is 1.21. The first-order valence-corrected chi connectivity index (χ1v) is 10.6. The predicted octanol–water partition coefficient (Wildman–Crippen LogP) is 6.49. The third-order valence-corrected chi connectivity index (χ3v) is 6.12. The maximum Gasteiger partial charge on any atom is 0.217 e. The number of halogens is 3. The van der Waals surface area contributed by atoms with Gasteiger partial charge in [0.1, 0.15) is 17.3 Å². The number of fused-ring (bicyclic) bond motifs is 3. The highest BCUT2D eigenvalue weighted by molar-refractivity contribution is 9.10. The highest BCUT2D eigenvalue weighted by atomic mass is 79.9. The topological polar surface area (TPSA) is 34.1 Å². The molecule has 3 aromatic carbocycles. The average molecular weight is 488 g/mol. The molecule has 2 atom stereocenters. The first kappa shape index (κ1) is 19.4. The van der Waals surface area contributed by atoms with E-state index in [-0.39, 0.29) is 11.9 Å². The van der Waals surface area contributed by atoms with E-state index in [0.717, 1.165) is 32.6 Å². The van der Waals surface area contributed by atoms with Crippen molar-refractivity contribution in [3.05, 3.63) is 92.7 Å². The van der Waals surface area contributed by atoms with Gasteiger partial charge in [0.25, 0.3) is 0 Å². The Bertz CT molecular complexity index is 1150. The van der Waals surface area contributed by atoms with Crippen LogP contribution in [0.4, 0.5) is 4.39 Å². The molecule has 0 bridgehead atoms. The minimum absolute atomic E-state index is 0.0545. The maximum absolute atomic E-state index is 13.4. The number of benzene rings is 3. The summed E-state index contributed by atoms with van der Waals surface area (Å²) in [6, 6.07) is 17.8. The summed E-state index contributed by atoms with van der Waals surface area (Å²) >= 11 is 9.82. The minimum Gasteiger partial charge on any atom is -0.496 e. The van der Waals surface area contributed by atoms with Gasteiger partial charge in [-0.3, -0.25) is 0 Å². The molecule has 0 fully saturated rings. The lowest BCUT2D eigenvalue weighted by Crippen LogP contribution is -2.34.